The molecule has 0 N–H and O–H groups in total. The minimum atomic E-state index is -0.744. The van der Waals surface area contributed by atoms with Gasteiger partial charge in [0.05, 0.1) is 30.7 Å². The molecule has 0 saturated carbocycles. The number of anilines is 2. The lowest BCUT2D eigenvalue weighted by molar-refractivity contribution is -0.126. The van der Waals surface area contributed by atoms with E-state index in [0.717, 1.165) is 11.3 Å². The first-order chi connectivity index (χ1) is 14.8. The second-order valence-corrected chi connectivity index (χ2v) is 8.59. The number of rotatable bonds is 3. The number of hydrogen-bond acceptors (Lipinski definition) is 5. The van der Waals surface area contributed by atoms with Gasteiger partial charge in [-0.15, -0.1) is 0 Å². The second-order valence-electron chi connectivity index (χ2n) is 8.18. The zero-order valence-corrected chi connectivity index (χ0v) is 18.1. The van der Waals surface area contributed by atoms with Crippen molar-refractivity contribution >= 4 is 46.6 Å². The Balaban J connectivity index is 1.62. The van der Waals surface area contributed by atoms with Crippen molar-refractivity contribution in [3.05, 3.63) is 58.6 Å². The Morgan fingerprint density at radius 3 is 2.52 bits per heavy atom. The third kappa shape index (κ3) is 2.67. The zero-order valence-electron chi connectivity index (χ0n) is 17.3. The molecule has 2 saturated heterocycles. The van der Waals surface area contributed by atoms with E-state index in [4.69, 9.17) is 16.3 Å². The molecule has 0 bridgehead atoms. The molecule has 2 aromatic rings. The van der Waals surface area contributed by atoms with Crippen LogP contribution in [0.15, 0.2) is 42.5 Å². The Labute approximate surface area is 185 Å². The SMILES string of the molecule is COc1ccc2c(c1)C=C[C@@H]1[C@H]3C(=O)N(c4cccc(Cl)c4C)C(=O)[C@@H]3[C@H](C(C)=O)N21. The van der Waals surface area contributed by atoms with Gasteiger partial charge < -0.3 is 9.64 Å². The summed E-state index contributed by atoms with van der Waals surface area (Å²) in [6.45, 7) is 3.27. The van der Waals surface area contributed by atoms with Gasteiger partial charge in [-0.1, -0.05) is 29.8 Å². The quantitative estimate of drug-likeness (QED) is 0.687. The van der Waals surface area contributed by atoms with E-state index in [-0.39, 0.29) is 23.6 Å². The van der Waals surface area contributed by atoms with Crippen LogP contribution in [0.1, 0.15) is 18.1 Å². The summed E-state index contributed by atoms with van der Waals surface area (Å²) in [6, 6.07) is 9.67. The minimum Gasteiger partial charge on any atom is -0.497 e. The van der Waals surface area contributed by atoms with Gasteiger partial charge in [-0.2, -0.15) is 0 Å². The normalized spacial score (nSPS) is 26.1. The fraction of sp³-hybridized carbons (Fsp3) is 0.292. The van der Waals surface area contributed by atoms with Crippen LogP contribution in [0, 0.1) is 18.8 Å². The van der Waals surface area contributed by atoms with E-state index >= 15 is 0 Å². The molecule has 2 amide bonds. The van der Waals surface area contributed by atoms with Gasteiger partial charge in [-0.25, -0.2) is 4.90 Å². The number of halogens is 1. The van der Waals surface area contributed by atoms with Crippen molar-refractivity contribution in [1.29, 1.82) is 0 Å². The lowest BCUT2D eigenvalue weighted by atomic mass is 9.88. The van der Waals surface area contributed by atoms with Gasteiger partial charge in [0.1, 0.15) is 11.8 Å². The molecule has 0 aromatic heterocycles. The molecule has 2 aromatic carbocycles. The predicted molar refractivity (Wildman–Crippen MR) is 118 cm³/mol. The number of amides is 2. The summed E-state index contributed by atoms with van der Waals surface area (Å²) < 4.78 is 5.31. The maximum absolute atomic E-state index is 13.6. The van der Waals surface area contributed by atoms with Crippen molar-refractivity contribution < 1.29 is 19.1 Å². The lowest BCUT2D eigenvalue weighted by Crippen LogP contribution is -2.48. The summed E-state index contributed by atoms with van der Waals surface area (Å²) in [4.78, 5) is 43.1. The average molecular weight is 437 g/mol. The molecule has 6 nitrogen and oxygen atoms in total. The average Bonchev–Trinajstić information content (AvgIpc) is 3.23. The molecule has 2 fully saturated rings. The first kappa shape index (κ1) is 19.8. The van der Waals surface area contributed by atoms with Gasteiger partial charge >= 0.3 is 0 Å². The number of Topliss-reactive ketones (excluding diaryl/α,β-unsaturated/α-hetero) is 1. The third-order valence-corrected chi connectivity index (χ3v) is 7.02. The van der Waals surface area contributed by atoms with Gasteiger partial charge in [0.15, 0.2) is 5.78 Å². The van der Waals surface area contributed by atoms with Crippen molar-refractivity contribution in [2.75, 3.05) is 16.9 Å². The van der Waals surface area contributed by atoms with Crippen LogP contribution in [0.5, 0.6) is 5.75 Å². The van der Waals surface area contributed by atoms with E-state index in [2.05, 4.69) is 0 Å². The molecule has 158 valence electrons. The lowest BCUT2D eigenvalue weighted by Gasteiger charge is -2.36. The van der Waals surface area contributed by atoms with E-state index in [0.29, 0.717) is 22.0 Å². The summed E-state index contributed by atoms with van der Waals surface area (Å²) in [5, 5.41) is 0.486. The highest BCUT2D eigenvalue weighted by Gasteiger charge is 2.63. The van der Waals surface area contributed by atoms with E-state index in [1.807, 2.05) is 35.3 Å². The van der Waals surface area contributed by atoms with Crippen LogP contribution in [0.2, 0.25) is 5.02 Å². The number of fused-ring (bicyclic) bond motifs is 5. The van der Waals surface area contributed by atoms with E-state index in [1.54, 1.807) is 32.2 Å². The fourth-order valence-electron chi connectivity index (χ4n) is 5.21. The Morgan fingerprint density at radius 2 is 1.81 bits per heavy atom. The summed E-state index contributed by atoms with van der Waals surface area (Å²) in [7, 11) is 1.60. The first-order valence-corrected chi connectivity index (χ1v) is 10.5. The van der Waals surface area contributed by atoms with Gasteiger partial charge in [0, 0.05) is 16.3 Å². The van der Waals surface area contributed by atoms with Gasteiger partial charge in [-0.05, 0) is 49.7 Å². The summed E-state index contributed by atoms with van der Waals surface area (Å²) in [6.07, 6.45) is 3.85. The Bertz CT molecular complexity index is 1170. The highest BCUT2D eigenvalue weighted by Crippen LogP contribution is 2.50. The van der Waals surface area contributed by atoms with Crippen molar-refractivity contribution in [2.24, 2.45) is 11.8 Å². The number of imide groups is 1. The molecule has 0 unspecified atom stereocenters. The van der Waals surface area contributed by atoms with Crippen molar-refractivity contribution in [3.8, 4) is 5.75 Å². The number of carbonyl (C=O) groups is 3. The van der Waals surface area contributed by atoms with Crippen LogP contribution in [0.25, 0.3) is 6.08 Å². The molecule has 3 aliphatic heterocycles. The summed E-state index contributed by atoms with van der Waals surface area (Å²) in [5.74, 6) is -1.45. The molecule has 0 spiro atoms. The van der Waals surface area contributed by atoms with Crippen LogP contribution in [-0.4, -0.2) is 36.8 Å². The van der Waals surface area contributed by atoms with E-state index in [9.17, 15) is 14.4 Å². The van der Waals surface area contributed by atoms with Crippen LogP contribution < -0.4 is 14.5 Å². The highest BCUT2D eigenvalue weighted by atomic mass is 35.5. The third-order valence-electron chi connectivity index (χ3n) is 6.61. The number of ketones is 1. The number of methoxy groups -OCH3 is 1. The molecular formula is C24H21ClN2O4. The molecule has 4 atom stereocenters. The number of benzene rings is 2. The largest absolute Gasteiger partial charge is 0.497 e. The molecular weight excluding hydrogens is 416 g/mol. The van der Waals surface area contributed by atoms with E-state index < -0.39 is 17.9 Å². The standard InChI is InChI=1S/C24H21ClN2O4/c1-12-16(25)5-4-6-17(12)27-23(29)20-19-9-7-14-11-15(31-3)8-10-18(14)26(19)22(13(2)28)21(20)24(27)30/h4-11,19-22H,1-3H3/t19-,20-,21+,22+/m1/s1. The monoisotopic (exact) mass is 436 g/mol. The molecule has 7 heteroatoms. The molecule has 5 rings (SSSR count). The van der Waals surface area contributed by atoms with Crippen LogP contribution in [-0.2, 0) is 14.4 Å². The van der Waals surface area contributed by atoms with Crippen molar-refractivity contribution in [2.45, 2.75) is 25.9 Å². The van der Waals surface area contributed by atoms with Crippen LogP contribution in [0.4, 0.5) is 11.4 Å². The fourth-order valence-corrected chi connectivity index (χ4v) is 5.38. The number of ether oxygens (including phenoxy) is 1. The number of nitrogens with zero attached hydrogens (tertiary/aromatic N) is 2. The maximum Gasteiger partial charge on any atom is 0.240 e. The summed E-state index contributed by atoms with van der Waals surface area (Å²) >= 11 is 6.25. The predicted octanol–water partition coefficient (Wildman–Crippen LogP) is 3.64. The maximum atomic E-state index is 13.6. The smallest absolute Gasteiger partial charge is 0.240 e. The Hall–Kier alpha value is -3.12. The Morgan fingerprint density at radius 1 is 1.06 bits per heavy atom. The molecule has 0 aliphatic carbocycles. The van der Waals surface area contributed by atoms with Crippen molar-refractivity contribution in [3.63, 3.8) is 0 Å². The number of hydrogen-bond donors (Lipinski definition) is 0. The Kier molecular flexibility index (Phi) is 4.45. The first-order valence-electron chi connectivity index (χ1n) is 10.1. The van der Waals surface area contributed by atoms with Gasteiger partial charge in [0.2, 0.25) is 11.8 Å². The highest BCUT2D eigenvalue weighted by molar-refractivity contribution is 6.32. The number of carbonyl (C=O) groups excluding carboxylic acids is 3. The van der Waals surface area contributed by atoms with Crippen molar-refractivity contribution in [1.82, 2.24) is 0 Å². The van der Waals surface area contributed by atoms with E-state index in [1.165, 1.54) is 11.8 Å². The molecule has 3 heterocycles. The zero-order chi connectivity index (χ0) is 22.0. The van der Waals surface area contributed by atoms with Gasteiger partial charge in [-0.3, -0.25) is 14.4 Å². The van der Waals surface area contributed by atoms with Gasteiger partial charge in [0.25, 0.3) is 0 Å². The topological polar surface area (TPSA) is 66.9 Å². The molecule has 31 heavy (non-hydrogen) atoms. The van der Waals surface area contributed by atoms with Crippen LogP contribution >= 0.6 is 11.6 Å². The summed E-state index contributed by atoms with van der Waals surface area (Å²) in [5.41, 5.74) is 2.87. The van der Waals surface area contributed by atoms with Crippen LogP contribution in [0.3, 0.4) is 0 Å². The molecule has 0 radical (unpaired) electrons. The second kappa shape index (κ2) is 6.95. The minimum absolute atomic E-state index is 0.139. The molecule has 3 aliphatic rings.